The fourth-order valence-corrected chi connectivity index (χ4v) is 3.53. The van der Waals surface area contributed by atoms with Crippen molar-refractivity contribution in [3.63, 3.8) is 0 Å². The number of methoxy groups -OCH3 is 1. The summed E-state index contributed by atoms with van der Waals surface area (Å²) in [5.74, 6) is 1.02. The van der Waals surface area contributed by atoms with Crippen molar-refractivity contribution >= 4 is 11.8 Å². The van der Waals surface area contributed by atoms with Gasteiger partial charge in [0.1, 0.15) is 17.5 Å². The van der Waals surface area contributed by atoms with E-state index in [0.717, 1.165) is 28.9 Å². The maximum Gasteiger partial charge on any atom is 0.261 e. The number of carbonyl (C=O) groups excluding carboxylic acids is 2. The van der Waals surface area contributed by atoms with E-state index >= 15 is 0 Å². The Bertz CT molecular complexity index is 875. The van der Waals surface area contributed by atoms with Crippen molar-refractivity contribution in [3.8, 4) is 11.5 Å². The average Bonchev–Trinajstić information content (AvgIpc) is 2.77. The van der Waals surface area contributed by atoms with Gasteiger partial charge in [0.05, 0.1) is 7.11 Å². The first-order valence-corrected chi connectivity index (χ1v) is 11.2. The van der Waals surface area contributed by atoms with Crippen LogP contribution < -0.4 is 14.8 Å². The number of ether oxygens (including phenoxy) is 2. The normalized spacial score (nSPS) is 12.6. The minimum Gasteiger partial charge on any atom is -0.497 e. The van der Waals surface area contributed by atoms with Crippen molar-refractivity contribution in [1.82, 2.24) is 10.2 Å². The molecule has 0 aliphatic heterocycles. The van der Waals surface area contributed by atoms with Crippen LogP contribution in [0, 0.1) is 13.8 Å². The molecule has 0 fully saturated rings. The molecule has 2 amide bonds. The lowest BCUT2D eigenvalue weighted by atomic mass is 10.1. The molecule has 0 saturated carbocycles. The number of carbonyl (C=O) groups is 2. The third-order valence-electron chi connectivity index (χ3n) is 5.46. The Morgan fingerprint density at radius 3 is 2.12 bits per heavy atom. The van der Waals surface area contributed by atoms with E-state index in [1.807, 2.05) is 71.0 Å². The zero-order chi connectivity index (χ0) is 23.7. The average molecular weight is 441 g/mol. The van der Waals surface area contributed by atoms with E-state index in [1.165, 1.54) is 0 Å². The Labute approximate surface area is 191 Å². The fraction of sp³-hybridized carbons (Fsp3) is 0.462. The maximum atomic E-state index is 13.3. The van der Waals surface area contributed by atoms with Gasteiger partial charge in [0, 0.05) is 12.6 Å². The molecule has 32 heavy (non-hydrogen) atoms. The highest BCUT2D eigenvalue weighted by Crippen LogP contribution is 2.19. The van der Waals surface area contributed by atoms with Gasteiger partial charge >= 0.3 is 0 Å². The molecular weight excluding hydrogens is 404 g/mol. The molecule has 0 aliphatic carbocycles. The van der Waals surface area contributed by atoms with Crippen molar-refractivity contribution in [1.29, 1.82) is 0 Å². The van der Waals surface area contributed by atoms with Crippen LogP contribution >= 0.6 is 0 Å². The van der Waals surface area contributed by atoms with Gasteiger partial charge in [0.15, 0.2) is 6.61 Å². The van der Waals surface area contributed by atoms with E-state index in [1.54, 1.807) is 12.0 Å². The Morgan fingerprint density at radius 2 is 1.59 bits per heavy atom. The first-order valence-electron chi connectivity index (χ1n) is 11.2. The van der Waals surface area contributed by atoms with Crippen LogP contribution in [0.5, 0.6) is 11.5 Å². The zero-order valence-corrected chi connectivity index (χ0v) is 20.1. The monoisotopic (exact) mass is 440 g/mol. The van der Waals surface area contributed by atoms with Gasteiger partial charge in [-0.1, -0.05) is 32.0 Å². The van der Waals surface area contributed by atoms with Crippen molar-refractivity contribution in [2.75, 3.05) is 13.7 Å². The van der Waals surface area contributed by atoms with Gasteiger partial charge in [-0.15, -0.1) is 0 Å². The minimum absolute atomic E-state index is 0.0426. The predicted molar refractivity (Wildman–Crippen MR) is 127 cm³/mol. The van der Waals surface area contributed by atoms with E-state index in [-0.39, 0.29) is 24.5 Å². The highest BCUT2D eigenvalue weighted by atomic mass is 16.5. The molecule has 6 nitrogen and oxygen atoms in total. The first-order chi connectivity index (χ1) is 15.3. The van der Waals surface area contributed by atoms with Crippen LogP contribution in [0.4, 0.5) is 0 Å². The minimum atomic E-state index is -0.582. The largest absolute Gasteiger partial charge is 0.497 e. The van der Waals surface area contributed by atoms with Crippen LogP contribution in [0.1, 0.15) is 50.3 Å². The molecule has 1 N–H and O–H groups in total. The third-order valence-corrected chi connectivity index (χ3v) is 5.46. The molecule has 2 aromatic carbocycles. The molecule has 0 aromatic heterocycles. The predicted octanol–water partition coefficient (Wildman–Crippen LogP) is 4.41. The molecule has 0 saturated heterocycles. The van der Waals surface area contributed by atoms with Crippen molar-refractivity contribution in [3.05, 3.63) is 59.2 Å². The van der Waals surface area contributed by atoms with E-state index in [9.17, 15) is 9.59 Å². The number of aryl methyl sites for hydroxylation is 2. The van der Waals surface area contributed by atoms with Crippen LogP contribution in [-0.4, -0.2) is 42.5 Å². The molecule has 2 aromatic rings. The topological polar surface area (TPSA) is 67.9 Å². The van der Waals surface area contributed by atoms with E-state index in [0.29, 0.717) is 18.7 Å². The standard InChI is InChI=1S/C26H36N2O4/c1-7-20(5)27-26(30)24(8-2)28(16-21-9-11-22(31-6)12-10-21)25(29)17-32-23-14-18(3)13-19(4)15-23/h9-15,20,24H,7-8,16-17H2,1-6H3,(H,27,30)/t20-,24+/m1/s1. The van der Waals surface area contributed by atoms with Gasteiger partial charge < -0.3 is 19.7 Å². The lowest BCUT2D eigenvalue weighted by molar-refractivity contribution is -0.143. The summed E-state index contributed by atoms with van der Waals surface area (Å²) in [7, 11) is 1.61. The van der Waals surface area contributed by atoms with Gasteiger partial charge in [-0.3, -0.25) is 9.59 Å². The number of rotatable bonds is 11. The second kappa shape index (κ2) is 12.1. The van der Waals surface area contributed by atoms with Crippen molar-refractivity contribution < 1.29 is 19.1 Å². The summed E-state index contributed by atoms with van der Waals surface area (Å²) in [5, 5.41) is 3.02. The van der Waals surface area contributed by atoms with Crippen molar-refractivity contribution in [2.24, 2.45) is 0 Å². The molecule has 174 valence electrons. The number of nitrogens with zero attached hydrogens (tertiary/aromatic N) is 1. The van der Waals surface area contributed by atoms with Crippen LogP contribution in [0.25, 0.3) is 0 Å². The summed E-state index contributed by atoms with van der Waals surface area (Å²) in [4.78, 5) is 27.9. The third kappa shape index (κ3) is 7.29. The van der Waals surface area contributed by atoms with E-state index < -0.39 is 6.04 Å². The van der Waals surface area contributed by atoms with Gasteiger partial charge in [-0.2, -0.15) is 0 Å². The Morgan fingerprint density at radius 1 is 0.969 bits per heavy atom. The summed E-state index contributed by atoms with van der Waals surface area (Å²) in [6, 6.07) is 12.8. The Hall–Kier alpha value is -3.02. The highest BCUT2D eigenvalue weighted by molar-refractivity contribution is 5.88. The number of hydrogen-bond acceptors (Lipinski definition) is 4. The number of benzene rings is 2. The summed E-state index contributed by atoms with van der Waals surface area (Å²) >= 11 is 0. The van der Waals surface area contributed by atoms with Gasteiger partial charge in [0.25, 0.3) is 5.91 Å². The number of amides is 2. The number of nitrogens with one attached hydrogen (secondary N) is 1. The Balaban J connectivity index is 2.23. The first kappa shape index (κ1) is 25.2. The molecular formula is C26H36N2O4. The van der Waals surface area contributed by atoms with E-state index in [2.05, 4.69) is 11.4 Å². The molecule has 0 unspecified atom stereocenters. The summed E-state index contributed by atoms with van der Waals surface area (Å²) < 4.78 is 11.0. The molecule has 2 rings (SSSR count). The fourth-order valence-electron chi connectivity index (χ4n) is 3.53. The van der Waals surface area contributed by atoms with Crippen LogP contribution in [0.3, 0.4) is 0 Å². The van der Waals surface area contributed by atoms with Crippen LogP contribution in [0.15, 0.2) is 42.5 Å². The summed E-state index contributed by atoms with van der Waals surface area (Å²) in [6.45, 7) is 10.1. The van der Waals surface area contributed by atoms with Crippen LogP contribution in [0.2, 0.25) is 0 Å². The molecule has 0 heterocycles. The lowest BCUT2D eigenvalue weighted by Gasteiger charge is -2.31. The molecule has 0 aliphatic rings. The summed E-state index contributed by atoms with van der Waals surface area (Å²) in [6.07, 6.45) is 1.33. The SMILES string of the molecule is CC[C@@H](C)NC(=O)[C@H](CC)N(Cc1ccc(OC)cc1)C(=O)COc1cc(C)cc(C)c1. The number of hydrogen-bond donors (Lipinski definition) is 1. The van der Waals surface area contributed by atoms with Gasteiger partial charge in [0.2, 0.25) is 5.91 Å². The maximum absolute atomic E-state index is 13.3. The van der Waals surface area contributed by atoms with Gasteiger partial charge in [-0.25, -0.2) is 0 Å². The van der Waals surface area contributed by atoms with E-state index in [4.69, 9.17) is 9.47 Å². The molecule has 0 spiro atoms. The summed E-state index contributed by atoms with van der Waals surface area (Å²) in [5.41, 5.74) is 3.06. The highest BCUT2D eigenvalue weighted by Gasteiger charge is 2.29. The smallest absolute Gasteiger partial charge is 0.261 e. The molecule has 0 bridgehead atoms. The second-order valence-electron chi connectivity index (χ2n) is 8.22. The lowest BCUT2D eigenvalue weighted by Crippen LogP contribution is -2.51. The second-order valence-corrected chi connectivity index (χ2v) is 8.22. The molecule has 2 atom stereocenters. The molecule has 0 radical (unpaired) electrons. The van der Waals surface area contributed by atoms with Crippen LogP contribution in [-0.2, 0) is 16.1 Å². The molecule has 6 heteroatoms. The van der Waals surface area contributed by atoms with Gasteiger partial charge in [-0.05, 0) is 74.6 Å². The Kier molecular flexibility index (Phi) is 9.57. The van der Waals surface area contributed by atoms with Crippen molar-refractivity contribution in [2.45, 2.75) is 66.1 Å². The quantitative estimate of drug-likeness (QED) is 0.562. The zero-order valence-electron chi connectivity index (χ0n) is 20.1.